The van der Waals surface area contributed by atoms with Gasteiger partial charge in [0.25, 0.3) is 0 Å². The number of amides is 4. The lowest BCUT2D eigenvalue weighted by molar-refractivity contribution is -0.145. The molecule has 1 aromatic carbocycles. The largest absolute Gasteiger partial charge is 0.396 e. The van der Waals surface area contributed by atoms with Gasteiger partial charge in [-0.15, -0.1) is 0 Å². The maximum Gasteiger partial charge on any atom is 0.250 e. The minimum atomic E-state index is -1.27. The first-order chi connectivity index (χ1) is 15.8. The summed E-state index contributed by atoms with van der Waals surface area (Å²) < 4.78 is 0. The molecule has 0 aromatic heterocycles. The van der Waals surface area contributed by atoms with Crippen molar-refractivity contribution in [1.29, 1.82) is 0 Å². The fourth-order valence-electron chi connectivity index (χ4n) is 4.35. The number of benzene rings is 1. The maximum atomic E-state index is 13.6. The molecule has 3 rings (SSSR count). The molecule has 33 heavy (non-hydrogen) atoms. The van der Waals surface area contributed by atoms with Crippen LogP contribution in [-0.4, -0.2) is 64.4 Å². The fraction of sp³-hybridized carbons (Fsp3) is 0.583. The second-order valence-electron chi connectivity index (χ2n) is 8.96. The molecule has 0 aliphatic carbocycles. The Morgan fingerprint density at radius 1 is 1.06 bits per heavy atom. The van der Waals surface area contributed by atoms with E-state index in [1.807, 2.05) is 6.07 Å². The van der Waals surface area contributed by atoms with Crippen molar-refractivity contribution < 1.29 is 24.3 Å². The molecule has 0 radical (unpaired) electrons. The van der Waals surface area contributed by atoms with Crippen LogP contribution in [0, 0.1) is 0 Å². The van der Waals surface area contributed by atoms with E-state index in [1.165, 1.54) is 4.90 Å². The lowest BCUT2D eigenvalue weighted by Gasteiger charge is -2.36. The highest BCUT2D eigenvalue weighted by atomic mass is 16.3. The number of aliphatic hydroxyl groups excluding tert-OH is 1. The Labute approximate surface area is 194 Å². The van der Waals surface area contributed by atoms with Gasteiger partial charge in [0.15, 0.2) is 0 Å². The van der Waals surface area contributed by atoms with Crippen LogP contribution in [-0.2, 0) is 19.2 Å². The van der Waals surface area contributed by atoms with Gasteiger partial charge in [-0.05, 0) is 51.0 Å². The third-order valence-electron chi connectivity index (χ3n) is 6.64. The number of aliphatic hydroxyl groups is 1. The molecular formula is C24H34N4O5. The molecule has 2 aliphatic heterocycles. The van der Waals surface area contributed by atoms with Crippen molar-refractivity contribution in [3.63, 3.8) is 0 Å². The molecule has 4 atom stereocenters. The van der Waals surface area contributed by atoms with Crippen LogP contribution in [0.1, 0.15) is 64.0 Å². The van der Waals surface area contributed by atoms with Crippen LogP contribution < -0.4 is 16.0 Å². The Balaban J connectivity index is 1.99. The monoisotopic (exact) mass is 458 g/mol. The highest BCUT2D eigenvalue weighted by Crippen LogP contribution is 2.26. The molecule has 2 saturated heterocycles. The smallest absolute Gasteiger partial charge is 0.250 e. The fourth-order valence-corrected chi connectivity index (χ4v) is 4.35. The van der Waals surface area contributed by atoms with Gasteiger partial charge in [-0.1, -0.05) is 37.3 Å². The summed E-state index contributed by atoms with van der Waals surface area (Å²) in [6.07, 6.45) is 2.81. The lowest BCUT2D eigenvalue weighted by atomic mass is 9.94. The molecule has 2 heterocycles. The van der Waals surface area contributed by atoms with E-state index in [0.29, 0.717) is 50.6 Å². The van der Waals surface area contributed by atoms with Gasteiger partial charge < -0.3 is 26.0 Å². The summed E-state index contributed by atoms with van der Waals surface area (Å²) in [5, 5.41) is 17.6. The van der Waals surface area contributed by atoms with Crippen molar-refractivity contribution in [2.45, 2.75) is 76.0 Å². The van der Waals surface area contributed by atoms with E-state index in [4.69, 9.17) is 5.11 Å². The second kappa shape index (κ2) is 10.8. The Hall–Kier alpha value is -2.94. The van der Waals surface area contributed by atoms with E-state index in [-0.39, 0.29) is 18.4 Å². The number of carbonyl (C=O) groups excluding carboxylic acids is 4. The van der Waals surface area contributed by atoms with Crippen molar-refractivity contribution in [3.8, 4) is 0 Å². The van der Waals surface area contributed by atoms with Gasteiger partial charge in [-0.25, -0.2) is 0 Å². The number of rotatable bonds is 6. The Morgan fingerprint density at radius 3 is 2.45 bits per heavy atom. The maximum absolute atomic E-state index is 13.6. The Morgan fingerprint density at radius 2 is 1.79 bits per heavy atom. The van der Waals surface area contributed by atoms with E-state index in [0.717, 1.165) is 0 Å². The van der Waals surface area contributed by atoms with Gasteiger partial charge in [0, 0.05) is 13.2 Å². The zero-order valence-corrected chi connectivity index (χ0v) is 19.3. The summed E-state index contributed by atoms with van der Waals surface area (Å²) in [5.41, 5.74) is -0.654. The predicted octanol–water partition coefficient (Wildman–Crippen LogP) is 0.781. The van der Waals surface area contributed by atoms with Crippen molar-refractivity contribution in [2.75, 3.05) is 13.2 Å². The summed E-state index contributed by atoms with van der Waals surface area (Å²) in [6.45, 7) is 3.79. The third kappa shape index (κ3) is 5.52. The van der Waals surface area contributed by atoms with Gasteiger partial charge in [0.1, 0.15) is 23.7 Å². The van der Waals surface area contributed by atoms with Crippen molar-refractivity contribution in [1.82, 2.24) is 20.9 Å². The highest BCUT2D eigenvalue weighted by Gasteiger charge is 2.43. The molecule has 0 bridgehead atoms. The molecule has 2 aliphatic rings. The first-order valence-corrected chi connectivity index (χ1v) is 11.7. The van der Waals surface area contributed by atoms with Crippen LogP contribution in [0.3, 0.4) is 0 Å². The normalized spacial score (nSPS) is 28.8. The second-order valence-corrected chi connectivity index (χ2v) is 8.96. The van der Waals surface area contributed by atoms with Gasteiger partial charge in [0.2, 0.25) is 23.6 Å². The van der Waals surface area contributed by atoms with Gasteiger partial charge >= 0.3 is 0 Å². The van der Waals surface area contributed by atoms with Crippen molar-refractivity contribution in [2.24, 2.45) is 0 Å². The first-order valence-electron chi connectivity index (χ1n) is 11.7. The van der Waals surface area contributed by atoms with Crippen LogP contribution in [0.2, 0.25) is 0 Å². The highest BCUT2D eigenvalue weighted by molar-refractivity contribution is 5.99. The number of nitrogens with one attached hydrogen (secondary N) is 3. The molecule has 4 N–H and O–H groups in total. The molecular weight excluding hydrogens is 424 g/mol. The molecule has 0 unspecified atom stereocenters. The summed E-state index contributed by atoms with van der Waals surface area (Å²) in [7, 11) is 0. The number of carbonyl (C=O) groups is 4. The van der Waals surface area contributed by atoms with E-state index < -0.39 is 35.5 Å². The topological polar surface area (TPSA) is 128 Å². The van der Waals surface area contributed by atoms with Gasteiger partial charge in [-0.2, -0.15) is 0 Å². The number of nitrogens with zero attached hydrogens (tertiary/aromatic N) is 1. The predicted molar refractivity (Wildman–Crippen MR) is 122 cm³/mol. The van der Waals surface area contributed by atoms with E-state index in [2.05, 4.69) is 16.0 Å². The van der Waals surface area contributed by atoms with Crippen molar-refractivity contribution in [3.05, 3.63) is 35.9 Å². The summed E-state index contributed by atoms with van der Waals surface area (Å²) in [4.78, 5) is 54.8. The number of unbranched alkanes of at least 4 members (excludes halogenated alkanes) is 1. The minimum absolute atomic E-state index is 0.0108. The summed E-state index contributed by atoms with van der Waals surface area (Å²) >= 11 is 0. The Kier molecular flexibility index (Phi) is 8.07. The van der Waals surface area contributed by atoms with Crippen LogP contribution in [0.15, 0.2) is 30.3 Å². The van der Waals surface area contributed by atoms with Crippen molar-refractivity contribution >= 4 is 23.6 Å². The van der Waals surface area contributed by atoms with Crippen LogP contribution in [0.5, 0.6) is 0 Å². The van der Waals surface area contributed by atoms with Gasteiger partial charge in [-0.3, -0.25) is 19.2 Å². The van der Waals surface area contributed by atoms with E-state index >= 15 is 0 Å². The number of hydrogen-bond acceptors (Lipinski definition) is 5. The quantitative estimate of drug-likeness (QED) is 0.469. The molecule has 4 amide bonds. The number of fused-ring (bicyclic) bond motifs is 1. The molecule has 0 saturated carbocycles. The average Bonchev–Trinajstić information content (AvgIpc) is 3.31. The summed E-state index contributed by atoms with van der Waals surface area (Å²) in [5.74, 6) is -1.62. The van der Waals surface area contributed by atoms with E-state index in [1.54, 1.807) is 38.1 Å². The standard InChI is InChI=1S/C24H34N4O5/c1-3-24(2)23(33)26-19(16-10-5-4-6-11-16)22(32)28-14-9-13-18(28)21(31)25-17(20(30)27-24)12-7-8-15-29/h4-6,10-11,17-19,29H,3,7-9,12-15H2,1-2H3,(H,25,31)(H,26,33)(H,27,30)/t17-,18+,19-,24-/m0/s1. The zero-order chi connectivity index (χ0) is 24.0. The lowest BCUT2D eigenvalue weighted by Crippen LogP contribution is -2.63. The van der Waals surface area contributed by atoms with E-state index in [9.17, 15) is 19.2 Å². The molecule has 2 fully saturated rings. The summed E-state index contributed by atoms with van der Waals surface area (Å²) in [6, 6.07) is 6.40. The molecule has 180 valence electrons. The number of hydrogen-bond donors (Lipinski definition) is 4. The molecule has 1 aromatic rings. The molecule has 9 heteroatoms. The average molecular weight is 459 g/mol. The Bertz CT molecular complexity index is 877. The third-order valence-corrected chi connectivity index (χ3v) is 6.64. The van der Waals surface area contributed by atoms with Crippen LogP contribution in [0.4, 0.5) is 0 Å². The van der Waals surface area contributed by atoms with Gasteiger partial charge in [0.05, 0.1) is 0 Å². The van der Waals surface area contributed by atoms with Crippen LogP contribution >= 0.6 is 0 Å². The SMILES string of the molecule is CC[C@]1(C)NC(=O)[C@H](CCCCO)NC(=O)[C@H]2CCCN2C(=O)[C@H](c2ccccc2)NC1=O. The molecule has 0 spiro atoms. The molecule has 9 nitrogen and oxygen atoms in total. The first kappa shape index (κ1) is 24.7. The zero-order valence-electron chi connectivity index (χ0n) is 19.3. The minimum Gasteiger partial charge on any atom is -0.396 e. The van der Waals surface area contributed by atoms with Crippen LogP contribution in [0.25, 0.3) is 0 Å².